The van der Waals surface area contributed by atoms with E-state index in [1.807, 2.05) is 4.57 Å². The molecule has 1 aromatic heterocycles. The van der Waals surface area contributed by atoms with Crippen molar-refractivity contribution < 1.29 is 13.9 Å². The minimum Gasteiger partial charge on any atom is -0.486 e. The maximum absolute atomic E-state index is 13.6. The SMILES string of the molecule is C=CCn1c(COc2ccc(Cl)cc2)nnc1SCC(=O)Nc1ccc(C)c(F)c1. The largest absolute Gasteiger partial charge is 0.486 e. The number of hydrogen-bond acceptors (Lipinski definition) is 5. The van der Waals surface area contributed by atoms with Gasteiger partial charge in [-0.2, -0.15) is 0 Å². The number of anilines is 1. The molecule has 30 heavy (non-hydrogen) atoms. The highest BCUT2D eigenvalue weighted by atomic mass is 35.5. The molecule has 0 aliphatic carbocycles. The highest BCUT2D eigenvalue weighted by molar-refractivity contribution is 7.99. The molecule has 3 aromatic rings. The summed E-state index contributed by atoms with van der Waals surface area (Å²) in [7, 11) is 0. The molecule has 9 heteroatoms. The van der Waals surface area contributed by atoms with Crippen molar-refractivity contribution in [3.8, 4) is 5.75 Å². The van der Waals surface area contributed by atoms with Crippen molar-refractivity contribution in [2.45, 2.75) is 25.2 Å². The van der Waals surface area contributed by atoms with Crippen molar-refractivity contribution in [1.82, 2.24) is 14.8 Å². The average molecular weight is 447 g/mol. The van der Waals surface area contributed by atoms with Crippen LogP contribution in [-0.4, -0.2) is 26.4 Å². The van der Waals surface area contributed by atoms with Gasteiger partial charge in [0.2, 0.25) is 5.91 Å². The lowest BCUT2D eigenvalue weighted by molar-refractivity contribution is -0.113. The van der Waals surface area contributed by atoms with Gasteiger partial charge in [0.25, 0.3) is 0 Å². The van der Waals surface area contributed by atoms with Gasteiger partial charge in [-0.3, -0.25) is 9.36 Å². The van der Waals surface area contributed by atoms with Crippen molar-refractivity contribution in [3.63, 3.8) is 0 Å². The second-order valence-electron chi connectivity index (χ2n) is 6.34. The Morgan fingerprint density at radius 1 is 1.30 bits per heavy atom. The molecule has 0 aliphatic heterocycles. The van der Waals surface area contributed by atoms with E-state index in [-0.39, 0.29) is 24.1 Å². The number of amides is 1. The first-order chi connectivity index (χ1) is 14.5. The second kappa shape index (κ2) is 10.3. The molecule has 0 saturated carbocycles. The molecule has 0 bridgehead atoms. The van der Waals surface area contributed by atoms with Gasteiger partial charge in [-0.15, -0.1) is 16.8 Å². The molecule has 1 heterocycles. The van der Waals surface area contributed by atoms with Gasteiger partial charge >= 0.3 is 0 Å². The molecular formula is C21H20ClFN4O2S. The monoisotopic (exact) mass is 446 g/mol. The number of nitrogens with one attached hydrogen (secondary N) is 1. The van der Waals surface area contributed by atoms with E-state index in [1.165, 1.54) is 17.8 Å². The summed E-state index contributed by atoms with van der Waals surface area (Å²) in [5.74, 6) is 0.731. The predicted molar refractivity (Wildman–Crippen MR) is 116 cm³/mol. The highest BCUT2D eigenvalue weighted by Crippen LogP contribution is 2.21. The molecule has 156 valence electrons. The predicted octanol–water partition coefficient (Wildman–Crippen LogP) is 4.87. The number of halogens is 2. The fourth-order valence-corrected chi connectivity index (χ4v) is 3.41. The van der Waals surface area contributed by atoms with E-state index in [9.17, 15) is 9.18 Å². The van der Waals surface area contributed by atoms with E-state index < -0.39 is 0 Å². The summed E-state index contributed by atoms with van der Waals surface area (Å²) < 4.78 is 21.2. The number of benzene rings is 2. The van der Waals surface area contributed by atoms with E-state index in [4.69, 9.17) is 16.3 Å². The molecule has 2 aromatic carbocycles. The van der Waals surface area contributed by atoms with Crippen LogP contribution in [0.25, 0.3) is 0 Å². The lowest BCUT2D eigenvalue weighted by Gasteiger charge is -2.09. The Hall–Kier alpha value is -2.84. The van der Waals surface area contributed by atoms with Crippen LogP contribution in [-0.2, 0) is 17.9 Å². The van der Waals surface area contributed by atoms with Crippen molar-refractivity contribution in [3.05, 3.63) is 77.3 Å². The number of rotatable bonds is 9. The van der Waals surface area contributed by atoms with Crippen molar-refractivity contribution >= 4 is 35.0 Å². The Kier molecular flexibility index (Phi) is 7.48. The van der Waals surface area contributed by atoms with Gasteiger partial charge in [0.15, 0.2) is 11.0 Å². The average Bonchev–Trinajstić information content (AvgIpc) is 3.11. The lowest BCUT2D eigenvalue weighted by atomic mass is 10.2. The third-order valence-electron chi connectivity index (χ3n) is 4.07. The number of carbonyl (C=O) groups excluding carboxylic acids is 1. The molecule has 1 N–H and O–H groups in total. The standard InChI is InChI=1S/C21H20ClFN4O2S/c1-3-10-27-19(12-29-17-8-5-15(22)6-9-17)25-26-21(27)30-13-20(28)24-16-7-4-14(2)18(23)11-16/h3-9,11H,1,10,12-13H2,2H3,(H,24,28). The summed E-state index contributed by atoms with van der Waals surface area (Å²) >= 11 is 7.11. The van der Waals surface area contributed by atoms with Crippen LogP contribution in [0.3, 0.4) is 0 Å². The second-order valence-corrected chi connectivity index (χ2v) is 7.72. The topological polar surface area (TPSA) is 69.0 Å². The molecule has 0 radical (unpaired) electrons. The Bertz CT molecular complexity index is 1040. The molecule has 0 atom stereocenters. The van der Waals surface area contributed by atoms with Crippen LogP contribution in [0.5, 0.6) is 5.75 Å². The summed E-state index contributed by atoms with van der Waals surface area (Å²) in [5, 5.41) is 12.2. The molecule has 0 spiro atoms. The maximum atomic E-state index is 13.6. The fourth-order valence-electron chi connectivity index (χ4n) is 2.52. The van der Waals surface area contributed by atoms with Crippen molar-refractivity contribution in [2.75, 3.05) is 11.1 Å². The van der Waals surface area contributed by atoms with Gasteiger partial charge in [0.1, 0.15) is 18.2 Å². The number of hydrogen-bond donors (Lipinski definition) is 1. The number of nitrogens with zero attached hydrogens (tertiary/aromatic N) is 3. The molecule has 3 rings (SSSR count). The van der Waals surface area contributed by atoms with E-state index in [2.05, 4.69) is 22.1 Å². The van der Waals surface area contributed by atoms with Crippen LogP contribution < -0.4 is 10.1 Å². The van der Waals surface area contributed by atoms with Gasteiger partial charge in [-0.05, 0) is 48.9 Å². The van der Waals surface area contributed by atoms with Crippen molar-refractivity contribution in [2.24, 2.45) is 0 Å². The molecule has 1 amide bonds. The van der Waals surface area contributed by atoms with Crippen molar-refractivity contribution in [1.29, 1.82) is 0 Å². The molecule has 6 nitrogen and oxygen atoms in total. The minimum absolute atomic E-state index is 0.100. The zero-order valence-electron chi connectivity index (χ0n) is 16.3. The normalized spacial score (nSPS) is 10.6. The molecule has 0 aliphatic rings. The molecule has 0 fully saturated rings. The Morgan fingerprint density at radius 3 is 2.77 bits per heavy atom. The summed E-state index contributed by atoms with van der Waals surface area (Å²) in [6.07, 6.45) is 1.72. The first-order valence-corrected chi connectivity index (χ1v) is 10.4. The zero-order valence-corrected chi connectivity index (χ0v) is 17.8. The summed E-state index contributed by atoms with van der Waals surface area (Å²) in [6.45, 7) is 6.10. The number of ether oxygens (including phenoxy) is 1. The first-order valence-electron chi connectivity index (χ1n) is 9.06. The van der Waals surface area contributed by atoms with E-state index in [1.54, 1.807) is 49.4 Å². The Morgan fingerprint density at radius 2 is 2.07 bits per heavy atom. The van der Waals surface area contributed by atoms with Gasteiger partial charge in [0, 0.05) is 17.3 Å². The van der Waals surface area contributed by atoms with E-state index in [0.29, 0.717) is 39.5 Å². The fraction of sp³-hybridized carbons (Fsp3) is 0.190. The highest BCUT2D eigenvalue weighted by Gasteiger charge is 2.14. The zero-order chi connectivity index (χ0) is 21.5. The summed E-state index contributed by atoms with van der Waals surface area (Å²) in [4.78, 5) is 12.2. The molecule has 0 saturated heterocycles. The van der Waals surface area contributed by atoms with Crippen LogP contribution in [0.1, 0.15) is 11.4 Å². The van der Waals surface area contributed by atoms with Crippen LogP contribution in [0.4, 0.5) is 10.1 Å². The first kappa shape index (κ1) is 21.9. The minimum atomic E-state index is -0.364. The van der Waals surface area contributed by atoms with Crippen LogP contribution in [0.15, 0.2) is 60.3 Å². The smallest absolute Gasteiger partial charge is 0.234 e. The van der Waals surface area contributed by atoms with E-state index >= 15 is 0 Å². The van der Waals surface area contributed by atoms with Crippen LogP contribution >= 0.6 is 23.4 Å². The third kappa shape index (κ3) is 5.84. The Balaban J connectivity index is 1.60. The van der Waals surface area contributed by atoms with Gasteiger partial charge < -0.3 is 10.1 Å². The maximum Gasteiger partial charge on any atom is 0.234 e. The number of thioether (sulfide) groups is 1. The number of aryl methyl sites for hydroxylation is 1. The number of aromatic nitrogens is 3. The van der Waals surface area contributed by atoms with Gasteiger partial charge in [0.05, 0.1) is 5.75 Å². The number of carbonyl (C=O) groups is 1. The van der Waals surface area contributed by atoms with Crippen LogP contribution in [0.2, 0.25) is 5.02 Å². The number of allylic oxidation sites excluding steroid dienone is 1. The van der Waals surface area contributed by atoms with Crippen LogP contribution in [0, 0.1) is 12.7 Å². The summed E-state index contributed by atoms with van der Waals surface area (Å²) in [5.41, 5.74) is 0.932. The van der Waals surface area contributed by atoms with Gasteiger partial charge in [-0.25, -0.2) is 4.39 Å². The molecule has 0 unspecified atom stereocenters. The van der Waals surface area contributed by atoms with Gasteiger partial charge in [-0.1, -0.05) is 35.5 Å². The summed E-state index contributed by atoms with van der Waals surface area (Å²) in [6, 6.07) is 11.6. The molecular weight excluding hydrogens is 427 g/mol. The van der Waals surface area contributed by atoms with E-state index in [0.717, 1.165) is 0 Å². The lowest BCUT2D eigenvalue weighted by Crippen LogP contribution is -2.15. The quantitative estimate of drug-likeness (QED) is 0.375. The third-order valence-corrected chi connectivity index (χ3v) is 5.29. The Labute approximate surface area is 183 Å².